The van der Waals surface area contributed by atoms with Gasteiger partial charge in [-0.25, -0.2) is 9.97 Å². The van der Waals surface area contributed by atoms with Gasteiger partial charge in [0.15, 0.2) is 0 Å². The number of fused-ring (bicyclic) bond motifs is 1. The van der Waals surface area contributed by atoms with E-state index in [2.05, 4.69) is 14.8 Å². The van der Waals surface area contributed by atoms with Crippen molar-refractivity contribution in [1.82, 2.24) is 19.8 Å². The van der Waals surface area contributed by atoms with Crippen molar-refractivity contribution in [2.75, 3.05) is 50.7 Å². The highest BCUT2D eigenvalue weighted by molar-refractivity contribution is 5.34. The second-order valence-corrected chi connectivity index (χ2v) is 7.64. The number of halogens is 3. The predicted molar refractivity (Wildman–Crippen MR) is 93.4 cm³/mol. The first-order chi connectivity index (χ1) is 12.5. The molecule has 0 bridgehead atoms. The zero-order chi connectivity index (χ0) is 18.1. The lowest BCUT2D eigenvalue weighted by molar-refractivity contribution is -0.145. The van der Waals surface area contributed by atoms with Crippen LogP contribution in [0.1, 0.15) is 30.5 Å². The molecule has 2 aliphatic heterocycles. The molecule has 26 heavy (non-hydrogen) atoms. The van der Waals surface area contributed by atoms with Crippen molar-refractivity contribution in [2.45, 2.75) is 44.3 Å². The number of hydrogen-bond acceptors (Lipinski definition) is 5. The number of alkyl halides is 3. The minimum atomic E-state index is -4.15. The third-order valence-electron chi connectivity index (χ3n) is 5.89. The molecule has 1 saturated carbocycles. The molecule has 2 fully saturated rings. The molecule has 0 amide bonds. The fourth-order valence-electron chi connectivity index (χ4n) is 4.11. The van der Waals surface area contributed by atoms with Crippen LogP contribution in [0.3, 0.4) is 0 Å². The van der Waals surface area contributed by atoms with Gasteiger partial charge in [0.25, 0.3) is 0 Å². The summed E-state index contributed by atoms with van der Waals surface area (Å²) in [4.78, 5) is 15.5. The Hall–Kier alpha value is -1.41. The van der Waals surface area contributed by atoms with E-state index in [0.29, 0.717) is 25.9 Å². The standard InChI is InChI=1S/C18H26F3N5/c19-18(20,21)13-24-6-4-14-12-22-17(23-16(14)5-7-24)26-10-8-25(9-11-26)15-2-1-3-15/h12,15H,1-11,13H2. The van der Waals surface area contributed by atoms with Crippen LogP contribution in [0.25, 0.3) is 0 Å². The molecule has 8 heteroatoms. The number of rotatable bonds is 3. The Kier molecular flexibility index (Phi) is 5.05. The van der Waals surface area contributed by atoms with Crippen molar-refractivity contribution < 1.29 is 13.2 Å². The zero-order valence-corrected chi connectivity index (χ0v) is 15.0. The molecular weight excluding hydrogens is 343 g/mol. The Morgan fingerprint density at radius 3 is 2.38 bits per heavy atom. The van der Waals surface area contributed by atoms with Gasteiger partial charge in [-0.15, -0.1) is 0 Å². The summed E-state index contributed by atoms with van der Waals surface area (Å²) in [5.74, 6) is 0.737. The highest BCUT2D eigenvalue weighted by atomic mass is 19.4. The van der Waals surface area contributed by atoms with Gasteiger partial charge in [-0.2, -0.15) is 13.2 Å². The molecule has 1 saturated heterocycles. The van der Waals surface area contributed by atoms with E-state index in [0.717, 1.165) is 49.4 Å². The van der Waals surface area contributed by atoms with Gasteiger partial charge < -0.3 is 4.90 Å². The van der Waals surface area contributed by atoms with Gasteiger partial charge in [-0.1, -0.05) is 6.42 Å². The van der Waals surface area contributed by atoms with Crippen molar-refractivity contribution in [2.24, 2.45) is 0 Å². The highest BCUT2D eigenvalue weighted by Gasteiger charge is 2.32. The van der Waals surface area contributed by atoms with E-state index in [1.165, 1.54) is 24.2 Å². The molecule has 1 aromatic heterocycles. The van der Waals surface area contributed by atoms with Crippen LogP contribution in [0.15, 0.2) is 6.20 Å². The number of anilines is 1. The van der Waals surface area contributed by atoms with E-state index >= 15 is 0 Å². The number of nitrogens with zero attached hydrogens (tertiary/aromatic N) is 5. The van der Waals surface area contributed by atoms with Crippen LogP contribution in [-0.4, -0.2) is 77.8 Å². The lowest BCUT2D eigenvalue weighted by Crippen LogP contribution is -2.52. The van der Waals surface area contributed by atoms with Gasteiger partial charge in [-0.05, 0) is 24.8 Å². The van der Waals surface area contributed by atoms with Gasteiger partial charge >= 0.3 is 6.18 Å². The summed E-state index contributed by atoms with van der Waals surface area (Å²) in [6.07, 6.45) is 2.82. The predicted octanol–water partition coefficient (Wildman–Crippen LogP) is 2.11. The molecule has 0 N–H and O–H groups in total. The third-order valence-corrected chi connectivity index (χ3v) is 5.89. The van der Waals surface area contributed by atoms with E-state index in [4.69, 9.17) is 4.98 Å². The average Bonchev–Trinajstić information content (AvgIpc) is 2.75. The summed E-state index contributed by atoms with van der Waals surface area (Å²) in [7, 11) is 0. The van der Waals surface area contributed by atoms with E-state index < -0.39 is 12.7 Å². The maximum Gasteiger partial charge on any atom is 0.401 e. The van der Waals surface area contributed by atoms with E-state index in [1.807, 2.05) is 6.20 Å². The molecule has 3 aliphatic rings. The molecular formula is C18H26F3N5. The SMILES string of the molecule is FC(F)(F)CN1CCc2cnc(N3CCN(C4CCC4)CC3)nc2CC1. The Labute approximate surface area is 152 Å². The van der Waals surface area contributed by atoms with Crippen molar-refractivity contribution in [3.8, 4) is 0 Å². The lowest BCUT2D eigenvalue weighted by Gasteiger charge is -2.43. The van der Waals surface area contributed by atoms with Crippen molar-refractivity contribution in [3.05, 3.63) is 17.5 Å². The molecule has 1 aromatic rings. The molecule has 0 spiro atoms. The molecule has 0 aromatic carbocycles. The number of aromatic nitrogens is 2. The first kappa shape index (κ1) is 18.0. The van der Waals surface area contributed by atoms with Crippen LogP contribution < -0.4 is 4.90 Å². The fraction of sp³-hybridized carbons (Fsp3) is 0.778. The minimum absolute atomic E-state index is 0.401. The second kappa shape index (κ2) is 7.31. The summed E-state index contributed by atoms with van der Waals surface area (Å²) >= 11 is 0. The van der Waals surface area contributed by atoms with Gasteiger partial charge in [0, 0.05) is 57.9 Å². The molecule has 1 aliphatic carbocycles. The van der Waals surface area contributed by atoms with Gasteiger partial charge in [-0.3, -0.25) is 9.80 Å². The number of piperazine rings is 1. The molecule has 0 radical (unpaired) electrons. The van der Waals surface area contributed by atoms with Crippen molar-refractivity contribution in [1.29, 1.82) is 0 Å². The highest BCUT2D eigenvalue weighted by Crippen LogP contribution is 2.26. The van der Waals surface area contributed by atoms with Gasteiger partial charge in [0.1, 0.15) is 0 Å². The minimum Gasteiger partial charge on any atom is -0.338 e. The Morgan fingerprint density at radius 2 is 1.73 bits per heavy atom. The zero-order valence-electron chi connectivity index (χ0n) is 15.0. The Morgan fingerprint density at radius 1 is 1.00 bits per heavy atom. The van der Waals surface area contributed by atoms with Crippen LogP contribution >= 0.6 is 0 Å². The van der Waals surface area contributed by atoms with E-state index in [-0.39, 0.29) is 0 Å². The van der Waals surface area contributed by atoms with Crippen LogP contribution in [0.5, 0.6) is 0 Å². The first-order valence-electron chi connectivity index (χ1n) is 9.61. The first-order valence-corrected chi connectivity index (χ1v) is 9.61. The maximum atomic E-state index is 12.6. The second-order valence-electron chi connectivity index (χ2n) is 7.64. The Balaban J connectivity index is 1.37. The average molecular weight is 369 g/mol. The van der Waals surface area contributed by atoms with Crippen LogP contribution in [0, 0.1) is 0 Å². The summed E-state index contributed by atoms with van der Waals surface area (Å²) in [6, 6.07) is 0.768. The topological polar surface area (TPSA) is 35.5 Å². The summed E-state index contributed by atoms with van der Waals surface area (Å²) in [5, 5.41) is 0. The Bertz CT molecular complexity index is 624. The van der Waals surface area contributed by atoms with Crippen LogP contribution in [0.2, 0.25) is 0 Å². The van der Waals surface area contributed by atoms with E-state index in [9.17, 15) is 13.2 Å². The molecule has 4 rings (SSSR count). The third kappa shape index (κ3) is 4.11. The molecule has 0 unspecified atom stereocenters. The van der Waals surface area contributed by atoms with Crippen molar-refractivity contribution >= 4 is 5.95 Å². The molecule has 5 nitrogen and oxygen atoms in total. The normalized spacial score (nSPS) is 23.4. The monoisotopic (exact) mass is 369 g/mol. The maximum absolute atomic E-state index is 12.6. The molecule has 144 valence electrons. The van der Waals surface area contributed by atoms with Crippen LogP contribution in [0.4, 0.5) is 19.1 Å². The molecule has 3 heterocycles. The van der Waals surface area contributed by atoms with Gasteiger partial charge in [0.05, 0.1) is 12.2 Å². The van der Waals surface area contributed by atoms with Crippen LogP contribution in [-0.2, 0) is 12.8 Å². The summed E-state index contributed by atoms with van der Waals surface area (Å²) in [5.41, 5.74) is 1.91. The fourth-order valence-corrected chi connectivity index (χ4v) is 4.11. The number of hydrogen-bond donors (Lipinski definition) is 0. The van der Waals surface area contributed by atoms with E-state index in [1.54, 1.807) is 0 Å². The quantitative estimate of drug-likeness (QED) is 0.816. The largest absolute Gasteiger partial charge is 0.401 e. The van der Waals surface area contributed by atoms with Crippen molar-refractivity contribution in [3.63, 3.8) is 0 Å². The molecule has 0 atom stereocenters. The van der Waals surface area contributed by atoms with Gasteiger partial charge in [0.2, 0.25) is 5.95 Å². The lowest BCUT2D eigenvalue weighted by atomic mass is 9.91. The summed E-state index contributed by atoms with van der Waals surface area (Å²) in [6.45, 7) is 3.91. The smallest absolute Gasteiger partial charge is 0.338 e. The summed E-state index contributed by atoms with van der Waals surface area (Å²) < 4.78 is 37.9.